The molecule has 0 bridgehead atoms. The van der Waals surface area contributed by atoms with Gasteiger partial charge in [-0.25, -0.2) is 15.0 Å². The van der Waals surface area contributed by atoms with Crippen molar-refractivity contribution in [3.05, 3.63) is 194 Å². The van der Waals surface area contributed by atoms with Crippen molar-refractivity contribution in [2.45, 2.75) is 0 Å². The second-order valence-corrected chi connectivity index (χ2v) is 15.4. The zero-order valence-electron chi connectivity index (χ0n) is 31.0. The van der Waals surface area contributed by atoms with E-state index in [1.54, 1.807) is 6.07 Å². The van der Waals surface area contributed by atoms with Gasteiger partial charge in [-0.1, -0.05) is 133 Å². The molecule has 0 aliphatic carbocycles. The first kappa shape index (κ1) is 33.6. The SMILES string of the molecule is N#Cc1cccc(-c2nc(-c3cccc(-c4ccc5sc6ccccc6c5c4)c3)nc(-c3ccc(-c4ccccc4)c(-n4c5ccccc5c5ccccc54)c3)n2)c1. The fraction of sp³-hybridized carbons (Fsp3) is 0. The Hall–Kier alpha value is -7.72. The lowest BCUT2D eigenvalue weighted by molar-refractivity contribution is 1.07. The summed E-state index contributed by atoms with van der Waals surface area (Å²) in [5, 5.41) is 14.7. The highest BCUT2D eigenvalue weighted by atomic mass is 32.1. The molecule has 0 radical (unpaired) electrons. The Kier molecular flexibility index (Phi) is 7.99. The summed E-state index contributed by atoms with van der Waals surface area (Å²) in [6.45, 7) is 0. The van der Waals surface area contributed by atoms with E-state index in [9.17, 15) is 5.26 Å². The maximum Gasteiger partial charge on any atom is 0.164 e. The molecule has 11 aromatic rings. The van der Waals surface area contributed by atoms with Crippen LogP contribution in [0.2, 0.25) is 0 Å². The number of para-hydroxylation sites is 2. The van der Waals surface area contributed by atoms with E-state index >= 15 is 0 Å². The second kappa shape index (κ2) is 13.8. The average Bonchev–Trinajstić information content (AvgIpc) is 3.84. The summed E-state index contributed by atoms with van der Waals surface area (Å²) in [5.41, 5.74) is 10.7. The average molecular weight is 758 g/mol. The first-order chi connectivity index (χ1) is 28.7. The Labute approximate surface area is 338 Å². The summed E-state index contributed by atoms with van der Waals surface area (Å²) in [6, 6.07) is 67.5. The minimum atomic E-state index is 0.499. The largest absolute Gasteiger partial charge is 0.309 e. The topological polar surface area (TPSA) is 67.4 Å². The summed E-state index contributed by atoms with van der Waals surface area (Å²) >= 11 is 1.82. The molecule has 0 aliphatic heterocycles. The minimum absolute atomic E-state index is 0.499. The van der Waals surface area contributed by atoms with E-state index in [1.807, 2.05) is 35.6 Å². The van der Waals surface area contributed by atoms with Crippen LogP contribution in [0.3, 0.4) is 0 Å². The number of hydrogen-bond donors (Lipinski definition) is 0. The van der Waals surface area contributed by atoms with E-state index in [4.69, 9.17) is 15.0 Å². The first-order valence-electron chi connectivity index (χ1n) is 19.2. The second-order valence-electron chi connectivity index (χ2n) is 14.4. The van der Waals surface area contributed by atoms with Crippen molar-refractivity contribution >= 4 is 53.3 Å². The van der Waals surface area contributed by atoms with Gasteiger partial charge < -0.3 is 4.57 Å². The van der Waals surface area contributed by atoms with E-state index in [2.05, 4.69) is 168 Å². The van der Waals surface area contributed by atoms with Gasteiger partial charge in [0.25, 0.3) is 0 Å². The molecular formula is C52H31N5S. The van der Waals surface area contributed by atoms with Gasteiger partial charge in [-0.15, -0.1) is 11.3 Å². The Morgan fingerprint density at radius 1 is 0.397 bits per heavy atom. The molecule has 3 aromatic heterocycles. The molecule has 6 heteroatoms. The molecule has 11 rings (SSSR count). The standard InChI is InChI=1S/C52H31N5S/c53-32-33-12-10-16-37(28-33)50-54-51(38-17-11-15-35(29-38)36-25-27-49-44(30-36)43-20-6-9-23-48(43)58-49)56-52(55-50)39-24-26-40(34-13-2-1-3-14-34)47(31-39)57-45-21-7-4-18-41(45)42-19-5-8-22-46(42)57/h1-31H. The van der Waals surface area contributed by atoms with Crippen LogP contribution < -0.4 is 0 Å². The Morgan fingerprint density at radius 2 is 0.931 bits per heavy atom. The zero-order chi connectivity index (χ0) is 38.6. The molecule has 58 heavy (non-hydrogen) atoms. The number of rotatable bonds is 6. The van der Waals surface area contributed by atoms with E-state index in [0.29, 0.717) is 23.0 Å². The van der Waals surface area contributed by atoms with Gasteiger partial charge in [-0.05, 0) is 71.3 Å². The fourth-order valence-corrected chi connectivity index (χ4v) is 9.22. The van der Waals surface area contributed by atoms with Gasteiger partial charge in [0, 0.05) is 53.2 Å². The number of aromatic nitrogens is 4. The predicted octanol–water partition coefficient (Wildman–Crippen LogP) is 13.5. The number of hydrogen-bond acceptors (Lipinski definition) is 5. The van der Waals surface area contributed by atoms with E-state index in [0.717, 1.165) is 55.7 Å². The molecule has 0 spiro atoms. The summed E-state index contributed by atoms with van der Waals surface area (Å²) < 4.78 is 4.91. The third-order valence-corrected chi connectivity index (χ3v) is 12.0. The Balaban J connectivity index is 1.11. The molecule has 3 heterocycles. The molecule has 0 atom stereocenters. The van der Waals surface area contributed by atoms with Gasteiger partial charge >= 0.3 is 0 Å². The molecule has 8 aromatic carbocycles. The number of nitrogens with zero attached hydrogens (tertiary/aromatic N) is 5. The van der Waals surface area contributed by atoms with E-state index in [-0.39, 0.29) is 0 Å². The van der Waals surface area contributed by atoms with Gasteiger partial charge in [-0.3, -0.25) is 0 Å². The van der Waals surface area contributed by atoms with Crippen molar-refractivity contribution < 1.29 is 0 Å². The Bertz CT molecular complexity index is 3370. The summed E-state index contributed by atoms with van der Waals surface area (Å²) in [4.78, 5) is 15.4. The lowest BCUT2D eigenvalue weighted by Gasteiger charge is -2.16. The van der Waals surface area contributed by atoms with Crippen LogP contribution in [-0.2, 0) is 0 Å². The monoisotopic (exact) mass is 757 g/mol. The van der Waals surface area contributed by atoms with Gasteiger partial charge in [0.15, 0.2) is 17.5 Å². The minimum Gasteiger partial charge on any atom is -0.309 e. The highest BCUT2D eigenvalue weighted by Gasteiger charge is 2.19. The summed E-state index contributed by atoms with van der Waals surface area (Å²) in [5.74, 6) is 1.59. The molecule has 0 unspecified atom stereocenters. The third kappa shape index (κ3) is 5.73. The predicted molar refractivity (Wildman–Crippen MR) is 239 cm³/mol. The van der Waals surface area contributed by atoms with Crippen molar-refractivity contribution in [3.8, 4) is 68.2 Å². The zero-order valence-corrected chi connectivity index (χ0v) is 31.9. The van der Waals surface area contributed by atoms with Crippen molar-refractivity contribution in [2.24, 2.45) is 0 Å². The van der Waals surface area contributed by atoms with E-state index < -0.39 is 0 Å². The highest BCUT2D eigenvalue weighted by molar-refractivity contribution is 7.25. The smallest absolute Gasteiger partial charge is 0.164 e. The summed E-state index contributed by atoms with van der Waals surface area (Å²) in [7, 11) is 0. The lowest BCUT2D eigenvalue weighted by Crippen LogP contribution is -2.02. The van der Waals surface area contributed by atoms with Crippen LogP contribution in [0.5, 0.6) is 0 Å². The lowest BCUT2D eigenvalue weighted by atomic mass is 10.00. The molecule has 270 valence electrons. The molecule has 0 N–H and O–H groups in total. The molecule has 0 aliphatic rings. The van der Waals surface area contributed by atoms with Crippen LogP contribution in [0.15, 0.2) is 188 Å². The van der Waals surface area contributed by atoms with Crippen molar-refractivity contribution in [2.75, 3.05) is 0 Å². The Morgan fingerprint density at radius 3 is 1.66 bits per heavy atom. The van der Waals surface area contributed by atoms with Crippen LogP contribution in [0.25, 0.3) is 104 Å². The normalized spacial score (nSPS) is 11.4. The molecule has 0 fully saturated rings. The quantitative estimate of drug-likeness (QED) is 0.169. The van der Waals surface area contributed by atoms with Crippen LogP contribution in [0, 0.1) is 11.3 Å². The fourth-order valence-electron chi connectivity index (χ4n) is 8.13. The van der Waals surface area contributed by atoms with Crippen molar-refractivity contribution in [3.63, 3.8) is 0 Å². The van der Waals surface area contributed by atoms with Gasteiger partial charge in [-0.2, -0.15) is 5.26 Å². The molecule has 0 amide bonds. The van der Waals surface area contributed by atoms with Crippen molar-refractivity contribution in [1.82, 2.24) is 19.5 Å². The molecular weight excluding hydrogens is 727 g/mol. The molecule has 0 saturated heterocycles. The first-order valence-corrected chi connectivity index (χ1v) is 20.0. The summed E-state index contributed by atoms with van der Waals surface area (Å²) in [6.07, 6.45) is 0. The number of thiophene rings is 1. The van der Waals surface area contributed by atoms with Crippen LogP contribution in [0.1, 0.15) is 5.56 Å². The maximum atomic E-state index is 9.81. The van der Waals surface area contributed by atoms with Crippen LogP contribution in [0.4, 0.5) is 0 Å². The number of fused-ring (bicyclic) bond motifs is 6. The van der Waals surface area contributed by atoms with Crippen molar-refractivity contribution in [1.29, 1.82) is 5.26 Å². The van der Waals surface area contributed by atoms with Gasteiger partial charge in [0.1, 0.15) is 0 Å². The number of benzene rings is 8. The molecule has 5 nitrogen and oxygen atoms in total. The van der Waals surface area contributed by atoms with Crippen LogP contribution in [-0.4, -0.2) is 19.5 Å². The maximum absolute atomic E-state index is 9.81. The van der Waals surface area contributed by atoms with Gasteiger partial charge in [0.2, 0.25) is 0 Å². The highest BCUT2D eigenvalue weighted by Crippen LogP contribution is 2.40. The molecule has 0 saturated carbocycles. The number of nitriles is 1. The van der Waals surface area contributed by atoms with Crippen LogP contribution >= 0.6 is 11.3 Å². The van der Waals surface area contributed by atoms with Gasteiger partial charge in [0.05, 0.1) is 28.4 Å². The van der Waals surface area contributed by atoms with E-state index in [1.165, 1.54) is 30.9 Å². The third-order valence-electron chi connectivity index (χ3n) is 10.9.